The van der Waals surface area contributed by atoms with E-state index in [4.69, 9.17) is 0 Å². The molecule has 0 aliphatic rings. The molecule has 0 amide bonds. The first-order valence-electron chi connectivity index (χ1n) is 5.67. The van der Waals surface area contributed by atoms with E-state index in [0.29, 0.717) is 17.8 Å². The number of hydrogen-bond acceptors (Lipinski definition) is 5. The number of benzene rings is 1. The summed E-state index contributed by atoms with van der Waals surface area (Å²) in [4.78, 5) is 10.4. The average Bonchev–Trinajstić information content (AvgIpc) is 2.28. The van der Waals surface area contributed by atoms with Crippen molar-refractivity contribution in [1.82, 2.24) is 4.31 Å². The second-order valence-corrected chi connectivity index (χ2v) is 6.33. The molecule has 1 aromatic carbocycles. The van der Waals surface area contributed by atoms with Crippen LogP contribution in [0.15, 0.2) is 17.0 Å². The van der Waals surface area contributed by atoms with Gasteiger partial charge in [-0.3, -0.25) is 10.1 Å². The molecule has 0 aromatic heterocycles. The van der Waals surface area contributed by atoms with Crippen molar-refractivity contribution in [2.45, 2.75) is 18.7 Å². The lowest BCUT2D eigenvalue weighted by atomic mass is 10.2. The molecule has 0 aliphatic carbocycles. The number of hydrogen-bond donors (Lipinski definition) is 1. The summed E-state index contributed by atoms with van der Waals surface area (Å²) >= 11 is 0. The monoisotopic (exact) mass is 287 g/mol. The first-order valence-corrected chi connectivity index (χ1v) is 7.11. The Morgan fingerprint density at radius 1 is 1.37 bits per heavy atom. The number of nitro benzene ring substituents is 1. The normalized spacial score (nSPS) is 11.6. The molecule has 0 heterocycles. The Kier molecular flexibility index (Phi) is 4.48. The third-order valence-electron chi connectivity index (χ3n) is 2.62. The second kappa shape index (κ2) is 5.54. The van der Waals surface area contributed by atoms with E-state index < -0.39 is 14.9 Å². The lowest BCUT2D eigenvalue weighted by Crippen LogP contribution is -2.23. The van der Waals surface area contributed by atoms with Gasteiger partial charge in [-0.1, -0.05) is 0 Å². The van der Waals surface area contributed by atoms with Gasteiger partial charge >= 0.3 is 0 Å². The molecule has 0 unspecified atom stereocenters. The molecule has 0 spiro atoms. The molecule has 0 bridgehead atoms. The maximum Gasteiger partial charge on any atom is 0.293 e. The van der Waals surface area contributed by atoms with Crippen LogP contribution in [0.1, 0.15) is 12.5 Å². The maximum atomic E-state index is 12.1. The lowest BCUT2D eigenvalue weighted by Gasteiger charge is -2.15. The van der Waals surface area contributed by atoms with Gasteiger partial charge in [0.1, 0.15) is 5.69 Å². The van der Waals surface area contributed by atoms with Crippen LogP contribution in [0.25, 0.3) is 0 Å². The quantitative estimate of drug-likeness (QED) is 0.655. The van der Waals surface area contributed by atoms with Crippen LogP contribution in [-0.4, -0.2) is 38.3 Å². The van der Waals surface area contributed by atoms with Crippen LogP contribution >= 0.6 is 0 Å². The Morgan fingerprint density at radius 2 is 1.95 bits per heavy atom. The summed E-state index contributed by atoms with van der Waals surface area (Å²) in [5.74, 6) is 0. The van der Waals surface area contributed by atoms with Gasteiger partial charge in [0.2, 0.25) is 10.0 Å². The highest BCUT2D eigenvalue weighted by Gasteiger charge is 2.25. The molecule has 0 atom stereocenters. The molecular weight excluding hydrogens is 270 g/mol. The van der Waals surface area contributed by atoms with Gasteiger partial charge in [-0.2, -0.15) is 0 Å². The number of nitrogens with zero attached hydrogens (tertiary/aromatic N) is 2. The van der Waals surface area contributed by atoms with Crippen molar-refractivity contribution >= 4 is 21.4 Å². The van der Waals surface area contributed by atoms with E-state index in [9.17, 15) is 18.5 Å². The largest absolute Gasteiger partial charge is 0.380 e. The number of nitrogens with one attached hydrogen (secondary N) is 1. The van der Waals surface area contributed by atoms with Gasteiger partial charge in [-0.05, 0) is 25.5 Å². The fourth-order valence-electron chi connectivity index (χ4n) is 1.64. The Bertz CT molecular complexity index is 596. The van der Waals surface area contributed by atoms with Crippen LogP contribution in [0.3, 0.4) is 0 Å². The Labute approximate surface area is 112 Å². The van der Waals surface area contributed by atoms with Crippen molar-refractivity contribution in [3.05, 3.63) is 27.8 Å². The number of rotatable bonds is 5. The zero-order valence-corrected chi connectivity index (χ0v) is 12.1. The van der Waals surface area contributed by atoms with Crippen molar-refractivity contribution in [2.24, 2.45) is 0 Å². The number of nitro groups is 1. The van der Waals surface area contributed by atoms with E-state index in [1.54, 1.807) is 6.92 Å². The van der Waals surface area contributed by atoms with Gasteiger partial charge in [0.25, 0.3) is 5.69 Å². The number of anilines is 1. The zero-order valence-electron chi connectivity index (χ0n) is 11.3. The van der Waals surface area contributed by atoms with Crippen LogP contribution in [0.5, 0.6) is 0 Å². The van der Waals surface area contributed by atoms with E-state index in [2.05, 4.69) is 5.32 Å². The van der Waals surface area contributed by atoms with Crippen molar-refractivity contribution in [1.29, 1.82) is 0 Å². The third kappa shape index (κ3) is 3.02. The lowest BCUT2D eigenvalue weighted by molar-refractivity contribution is -0.384. The van der Waals surface area contributed by atoms with E-state index in [1.165, 1.54) is 20.2 Å². The summed E-state index contributed by atoms with van der Waals surface area (Å²) in [6, 6.07) is 2.58. The highest BCUT2D eigenvalue weighted by Crippen LogP contribution is 2.31. The number of aryl methyl sites for hydroxylation is 1. The molecule has 0 saturated carbocycles. The fourth-order valence-corrected chi connectivity index (χ4v) is 2.75. The summed E-state index contributed by atoms with van der Waals surface area (Å²) in [5, 5.41) is 13.9. The van der Waals surface area contributed by atoms with Gasteiger partial charge in [-0.15, -0.1) is 0 Å². The van der Waals surface area contributed by atoms with Crippen molar-refractivity contribution in [3.63, 3.8) is 0 Å². The van der Waals surface area contributed by atoms with E-state index in [1.807, 2.05) is 6.92 Å². The fraction of sp³-hybridized carbons (Fsp3) is 0.455. The van der Waals surface area contributed by atoms with Gasteiger partial charge in [0.15, 0.2) is 0 Å². The van der Waals surface area contributed by atoms with Crippen molar-refractivity contribution in [2.75, 3.05) is 26.0 Å². The summed E-state index contributed by atoms with van der Waals surface area (Å²) < 4.78 is 25.2. The molecule has 0 saturated heterocycles. The molecular formula is C11H17N3O4S. The molecule has 0 aliphatic heterocycles. The molecule has 1 rings (SSSR count). The highest BCUT2D eigenvalue weighted by atomic mass is 32.2. The van der Waals surface area contributed by atoms with E-state index >= 15 is 0 Å². The molecule has 7 nitrogen and oxygen atoms in total. The van der Waals surface area contributed by atoms with Crippen LogP contribution in [0, 0.1) is 17.0 Å². The summed E-state index contributed by atoms with van der Waals surface area (Å²) in [6.07, 6.45) is 0. The zero-order chi connectivity index (χ0) is 14.8. The maximum absolute atomic E-state index is 12.1. The minimum atomic E-state index is -3.69. The number of sulfonamides is 1. The molecule has 8 heteroatoms. The van der Waals surface area contributed by atoms with Gasteiger partial charge in [0.05, 0.1) is 9.82 Å². The molecule has 19 heavy (non-hydrogen) atoms. The highest BCUT2D eigenvalue weighted by molar-refractivity contribution is 7.89. The molecule has 1 N–H and O–H groups in total. The van der Waals surface area contributed by atoms with Crippen LogP contribution in [-0.2, 0) is 10.0 Å². The summed E-state index contributed by atoms with van der Waals surface area (Å²) in [7, 11) is -0.919. The topological polar surface area (TPSA) is 92.6 Å². The second-order valence-electron chi connectivity index (χ2n) is 4.21. The standard InChI is InChI=1S/C11H17N3O4S/c1-5-12-9-6-8(2)11(7-10(9)14(15)16)19(17,18)13(3)4/h6-7,12H,5H2,1-4H3. The van der Waals surface area contributed by atoms with Crippen molar-refractivity contribution < 1.29 is 13.3 Å². The predicted molar refractivity (Wildman–Crippen MR) is 72.9 cm³/mol. The smallest absolute Gasteiger partial charge is 0.293 e. The van der Waals surface area contributed by atoms with Crippen LogP contribution in [0.4, 0.5) is 11.4 Å². The molecule has 106 valence electrons. The first-order chi connectivity index (χ1) is 8.71. The Morgan fingerprint density at radius 3 is 2.37 bits per heavy atom. The van der Waals surface area contributed by atoms with E-state index in [0.717, 1.165) is 10.4 Å². The van der Waals surface area contributed by atoms with Gasteiger partial charge in [0, 0.05) is 26.7 Å². The van der Waals surface area contributed by atoms with Crippen LogP contribution < -0.4 is 5.32 Å². The molecule has 1 aromatic rings. The van der Waals surface area contributed by atoms with Gasteiger partial charge in [-0.25, -0.2) is 12.7 Å². The SMILES string of the molecule is CCNc1cc(C)c(S(=O)(=O)N(C)C)cc1[N+](=O)[O-]. The molecule has 0 fully saturated rings. The van der Waals surface area contributed by atoms with Crippen LogP contribution in [0.2, 0.25) is 0 Å². The minimum Gasteiger partial charge on any atom is -0.380 e. The summed E-state index contributed by atoms with van der Waals surface area (Å²) in [5.41, 5.74) is 0.547. The Hall–Kier alpha value is -1.67. The van der Waals surface area contributed by atoms with Crippen molar-refractivity contribution in [3.8, 4) is 0 Å². The Balaban J connectivity index is 3.54. The first kappa shape index (κ1) is 15.4. The minimum absolute atomic E-state index is 0.0501. The van der Waals surface area contributed by atoms with E-state index in [-0.39, 0.29) is 10.6 Å². The molecule has 0 radical (unpaired) electrons. The predicted octanol–water partition coefficient (Wildman–Crippen LogP) is 1.59. The summed E-state index contributed by atoms with van der Waals surface area (Å²) in [6.45, 7) is 3.94. The van der Waals surface area contributed by atoms with Gasteiger partial charge < -0.3 is 5.32 Å². The average molecular weight is 287 g/mol. The third-order valence-corrected chi connectivity index (χ3v) is 4.57.